The van der Waals surface area contributed by atoms with E-state index in [1.807, 2.05) is 25.1 Å². The number of rotatable bonds is 2. The van der Waals surface area contributed by atoms with Crippen LogP contribution >= 0.6 is 12.2 Å². The summed E-state index contributed by atoms with van der Waals surface area (Å²) in [6.07, 6.45) is 2.61. The van der Waals surface area contributed by atoms with E-state index < -0.39 is 5.60 Å². The Morgan fingerprint density at radius 2 is 2.06 bits per heavy atom. The first kappa shape index (κ1) is 13.3. The van der Waals surface area contributed by atoms with Crippen LogP contribution in [0.5, 0.6) is 0 Å². The molecule has 0 bridgehead atoms. The number of nitrogens with two attached hydrogens (primary N) is 1. The van der Waals surface area contributed by atoms with E-state index in [0.717, 1.165) is 43.6 Å². The predicted molar refractivity (Wildman–Crippen MR) is 79.0 cm³/mol. The molecule has 1 heterocycles. The summed E-state index contributed by atoms with van der Waals surface area (Å²) in [6, 6.07) is 7.96. The molecule has 3 N–H and O–H groups in total. The summed E-state index contributed by atoms with van der Waals surface area (Å²) in [5.41, 5.74) is 7.23. The fourth-order valence-corrected chi connectivity index (χ4v) is 2.63. The smallest absolute Gasteiger partial charge is 0.106 e. The average Bonchev–Trinajstić information content (AvgIpc) is 2.50. The second-order valence-electron chi connectivity index (χ2n) is 5.22. The summed E-state index contributed by atoms with van der Waals surface area (Å²) in [5.74, 6) is 0. The lowest BCUT2D eigenvalue weighted by molar-refractivity contribution is 0.0481. The summed E-state index contributed by atoms with van der Waals surface area (Å²) in [7, 11) is 0. The zero-order valence-corrected chi connectivity index (χ0v) is 11.5. The third-order valence-electron chi connectivity index (χ3n) is 3.57. The van der Waals surface area contributed by atoms with Crippen LogP contribution in [-0.2, 0) is 0 Å². The van der Waals surface area contributed by atoms with Gasteiger partial charge >= 0.3 is 0 Å². The summed E-state index contributed by atoms with van der Waals surface area (Å²) in [6.45, 7) is 3.69. The molecule has 1 aliphatic rings. The van der Waals surface area contributed by atoms with Crippen molar-refractivity contribution in [3.63, 3.8) is 0 Å². The minimum atomic E-state index is -0.549. The minimum absolute atomic E-state index is 0.432. The van der Waals surface area contributed by atoms with Crippen LogP contribution in [0.3, 0.4) is 0 Å². The molecule has 0 aliphatic carbocycles. The van der Waals surface area contributed by atoms with Gasteiger partial charge < -0.3 is 15.7 Å². The Morgan fingerprint density at radius 1 is 1.33 bits per heavy atom. The zero-order valence-electron chi connectivity index (χ0n) is 10.7. The van der Waals surface area contributed by atoms with E-state index in [2.05, 4.69) is 11.0 Å². The van der Waals surface area contributed by atoms with Crippen LogP contribution in [0.15, 0.2) is 24.3 Å². The molecule has 0 radical (unpaired) electrons. The van der Waals surface area contributed by atoms with Gasteiger partial charge in [0.1, 0.15) is 4.99 Å². The number of hydrogen-bond donors (Lipinski definition) is 2. The average molecular weight is 264 g/mol. The Balaban J connectivity index is 2.24. The first-order valence-corrected chi connectivity index (χ1v) is 6.77. The SMILES string of the molecule is CC1(O)CCCN(c2ccccc2C(N)=S)CC1. The van der Waals surface area contributed by atoms with Crippen LogP contribution in [0.2, 0.25) is 0 Å². The van der Waals surface area contributed by atoms with Crippen LogP contribution in [0.25, 0.3) is 0 Å². The third-order valence-corrected chi connectivity index (χ3v) is 3.79. The maximum Gasteiger partial charge on any atom is 0.106 e. The van der Waals surface area contributed by atoms with Gasteiger partial charge in [-0.3, -0.25) is 0 Å². The van der Waals surface area contributed by atoms with Gasteiger partial charge in [-0.05, 0) is 38.3 Å². The van der Waals surface area contributed by atoms with E-state index >= 15 is 0 Å². The minimum Gasteiger partial charge on any atom is -0.390 e. The fraction of sp³-hybridized carbons (Fsp3) is 0.500. The lowest BCUT2D eigenvalue weighted by Crippen LogP contribution is -2.29. The Bertz CT molecular complexity index is 445. The van der Waals surface area contributed by atoms with Crippen molar-refractivity contribution in [1.82, 2.24) is 0 Å². The highest BCUT2D eigenvalue weighted by molar-refractivity contribution is 7.80. The largest absolute Gasteiger partial charge is 0.390 e. The molecule has 98 valence electrons. The van der Waals surface area contributed by atoms with E-state index in [1.54, 1.807) is 0 Å². The Labute approximate surface area is 114 Å². The molecule has 3 nitrogen and oxygen atoms in total. The van der Waals surface area contributed by atoms with Crippen LogP contribution in [0, 0.1) is 0 Å². The second kappa shape index (κ2) is 5.24. The maximum atomic E-state index is 10.1. The molecule has 18 heavy (non-hydrogen) atoms. The molecular formula is C14H20N2OS. The molecule has 1 fully saturated rings. The van der Waals surface area contributed by atoms with E-state index in [4.69, 9.17) is 18.0 Å². The second-order valence-corrected chi connectivity index (χ2v) is 5.66. The van der Waals surface area contributed by atoms with Crippen molar-refractivity contribution >= 4 is 22.9 Å². The van der Waals surface area contributed by atoms with Gasteiger partial charge in [0, 0.05) is 24.3 Å². The predicted octanol–water partition coefficient (Wildman–Crippen LogP) is 2.06. The fourth-order valence-electron chi connectivity index (χ4n) is 2.46. The van der Waals surface area contributed by atoms with Gasteiger partial charge in [-0.25, -0.2) is 0 Å². The molecular weight excluding hydrogens is 244 g/mol. The molecule has 0 amide bonds. The van der Waals surface area contributed by atoms with Gasteiger partial charge in [-0.1, -0.05) is 24.4 Å². The first-order chi connectivity index (χ1) is 8.49. The molecule has 1 aliphatic heterocycles. The zero-order chi connectivity index (χ0) is 13.2. The molecule has 4 heteroatoms. The number of para-hydroxylation sites is 1. The van der Waals surface area contributed by atoms with E-state index in [9.17, 15) is 5.11 Å². The Morgan fingerprint density at radius 3 is 2.78 bits per heavy atom. The van der Waals surface area contributed by atoms with Gasteiger partial charge in [-0.15, -0.1) is 0 Å². The number of nitrogens with zero attached hydrogens (tertiary/aromatic N) is 1. The lowest BCUT2D eigenvalue weighted by Gasteiger charge is -2.26. The highest BCUT2D eigenvalue weighted by Crippen LogP contribution is 2.27. The summed E-state index contributed by atoms with van der Waals surface area (Å²) in [4.78, 5) is 2.71. The topological polar surface area (TPSA) is 49.5 Å². The van der Waals surface area contributed by atoms with Gasteiger partial charge in [0.05, 0.1) is 5.60 Å². The molecule has 1 saturated heterocycles. The number of aliphatic hydroxyl groups is 1. The van der Waals surface area contributed by atoms with Gasteiger partial charge in [0.2, 0.25) is 0 Å². The molecule has 0 spiro atoms. The van der Waals surface area contributed by atoms with E-state index in [1.165, 1.54) is 0 Å². The Hall–Kier alpha value is -1.13. The first-order valence-electron chi connectivity index (χ1n) is 6.36. The summed E-state index contributed by atoms with van der Waals surface area (Å²) < 4.78 is 0. The van der Waals surface area contributed by atoms with Crippen LogP contribution in [0.1, 0.15) is 31.7 Å². The van der Waals surface area contributed by atoms with Crippen molar-refractivity contribution in [3.05, 3.63) is 29.8 Å². The normalized spacial score (nSPS) is 24.7. The number of anilines is 1. The van der Waals surface area contributed by atoms with Gasteiger partial charge in [-0.2, -0.15) is 0 Å². The third kappa shape index (κ3) is 3.00. The lowest BCUT2D eigenvalue weighted by atomic mass is 9.98. The maximum absolute atomic E-state index is 10.1. The van der Waals surface area contributed by atoms with Crippen LogP contribution in [0.4, 0.5) is 5.69 Å². The van der Waals surface area contributed by atoms with Crippen molar-refractivity contribution < 1.29 is 5.11 Å². The van der Waals surface area contributed by atoms with Crippen molar-refractivity contribution in [1.29, 1.82) is 0 Å². The molecule has 0 saturated carbocycles. The standard InChI is InChI=1S/C14H20N2OS/c1-14(17)7-4-9-16(10-8-14)12-6-3-2-5-11(12)13(15)18/h2-3,5-6,17H,4,7-10H2,1H3,(H2,15,18). The molecule has 1 aromatic rings. The van der Waals surface area contributed by atoms with Gasteiger partial charge in [0.25, 0.3) is 0 Å². The number of hydrogen-bond acceptors (Lipinski definition) is 3. The van der Waals surface area contributed by atoms with Crippen LogP contribution < -0.4 is 10.6 Å². The monoisotopic (exact) mass is 264 g/mol. The van der Waals surface area contributed by atoms with Crippen molar-refractivity contribution in [2.45, 2.75) is 31.8 Å². The molecule has 0 aromatic heterocycles. The number of thiocarbonyl (C=S) groups is 1. The molecule has 1 aromatic carbocycles. The highest BCUT2D eigenvalue weighted by Gasteiger charge is 2.25. The molecule has 1 unspecified atom stereocenters. The van der Waals surface area contributed by atoms with E-state index in [-0.39, 0.29) is 0 Å². The van der Waals surface area contributed by atoms with Crippen LogP contribution in [-0.4, -0.2) is 28.8 Å². The summed E-state index contributed by atoms with van der Waals surface area (Å²) >= 11 is 5.10. The highest BCUT2D eigenvalue weighted by atomic mass is 32.1. The van der Waals surface area contributed by atoms with Crippen molar-refractivity contribution in [2.24, 2.45) is 5.73 Å². The summed E-state index contributed by atoms with van der Waals surface area (Å²) in [5, 5.41) is 10.1. The number of benzene rings is 1. The quantitative estimate of drug-likeness (QED) is 0.803. The molecule has 1 atom stereocenters. The van der Waals surface area contributed by atoms with E-state index in [0.29, 0.717) is 4.99 Å². The molecule has 2 rings (SSSR count). The van der Waals surface area contributed by atoms with Crippen molar-refractivity contribution in [3.8, 4) is 0 Å². The van der Waals surface area contributed by atoms with Gasteiger partial charge in [0.15, 0.2) is 0 Å². The Kier molecular flexibility index (Phi) is 3.88. The van der Waals surface area contributed by atoms with Crippen molar-refractivity contribution in [2.75, 3.05) is 18.0 Å².